The molecule has 0 aliphatic carbocycles. The van der Waals surface area contributed by atoms with E-state index < -0.39 is 32.2 Å². The van der Waals surface area contributed by atoms with Crippen molar-refractivity contribution in [3.8, 4) is 11.5 Å². The summed E-state index contributed by atoms with van der Waals surface area (Å²) >= 11 is 5.90. The summed E-state index contributed by atoms with van der Waals surface area (Å²) in [5.41, 5.74) is 0.612. The number of amides is 1. The first-order valence-electron chi connectivity index (χ1n) is 13.8. The summed E-state index contributed by atoms with van der Waals surface area (Å²) in [4.78, 5) is 15.1. The first-order valence-corrected chi connectivity index (χ1v) is 17.1. The Hall–Kier alpha value is -3.36. The molecule has 0 radical (unpaired) electrons. The second-order valence-electron chi connectivity index (χ2n) is 10.7. The zero-order chi connectivity index (χ0) is 32.2. The van der Waals surface area contributed by atoms with Crippen LogP contribution in [0.2, 0.25) is 5.02 Å². The Kier molecular flexibility index (Phi) is 10.5. The van der Waals surface area contributed by atoms with Gasteiger partial charge >= 0.3 is 0 Å². The third-order valence-corrected chi connectivity index (χ3v) is 11.0. The van der Waals surface area contributed by atoms with Gasteiger partial charge in [0.2, 0.25) is 15.9 Å². The van der Waals surface area contributed by atoms with Crippen molar-refractivity contribution in [1.82, 2.24) is 9.21 Å². The van der Waals surface area contributed by atoms with E-state index in [-0.39, 0.29) is 53.4 Å². The fraction of sp³-hybridized carbons (Fsp3) is 0.367. The summed E-state index contributed by atoms with van der Waals surface area (Å²) in [5, 5.41) is 10.3. The fourth-order valence-corrected chi connectivity index (χ4v) is 7.18. The summed E-state index contributed by atoms with van der Waals surface area (Å²) in [5.74, 6) is 0.198. The molecule has 1 aliphatic rings. The van der Waals surface area contributed by atoms with Gasteiger partial charge in [0.1, 0.15) is 17.6 Å². The van der Waals surface area contributed by atoms with Crippen LogP contribution in [0.1, 0.15) is 19.4 Å². The molecule has 0 unspecified atom stereocenters. The topological polar surface area (TPSA) is 143 Å². The van der Waals surface area contributed by atoms with Crippen LogP contribution < -0.4 is 14.2 Å². The lowest BCUT2D eigenvalue weighted by atomic mass is 10.0. The molecule has 0 bridgehead atoms. The van der Waals surface area contributed by atoms with E-state index in [4.69, 9.17) is 21.1 Å². The predicted octanol–water partition coefficient (Wildman–Crippen LogP) is 3.62. The number of halogens is 1. The van der Waals surface area contributed by atoms with Gasteiger partial charge in [-0.25, -0.2) is 16.8 Å². The van der Waals surface area contributed by atoms with Crippen LogP contribution in [0.5, 0.6) is 11.5 Å². The number of sulfonamides is 2. The lowest BCUT2D eigenvalue weighted by molar-refractivity contribution is -0.134. The monoisotopic (exact) mass is 665 g/mol. The van der Waals surface area contributed by atoms with Gasteiger partial charge in [-0.1, -0.05) is 18.5 Å². The number of nitrogens with zero attached hydrogens (tertiary/aromatic N) is 2. The SMILES string of the molecule is COc1ccc(S(=O)(=O)N(C)C[C@H]2Oc3ccc(NS(=O)(=O)c4ccc(Cl)cc4)cc3CC(=O)N([C@H](C)CO)C[C@H]2C)cc1. The molecule has 2 N–H and O–H groups in total. The molecule has 238 valence electrons. The van der Waals surface area contributed by atoms with E-state index in [9.17, 15) is 26.7 Å². The van der Waals surface area contributed by atoms with E-state index >= 15 is 0 Å². The maximum absolute atomic E-state index is 13.5. The van der Waals surface area contributed by atoms with E-state index in [0.29, 0.717) is 22.1 Å². The number of hydrogen-bond acceptors (Lipinski definition) is 8. The number of hydrogen-bond donors (Lipinski definition) is 2. The summed E-state index contributed by atoms with van der Waals surface area (Å²) in [6.45, 7) is 3.45. The second kappa shape index (κ2) is 13.7. The summed E-state index contributed by atoms with van der Waals surface area (Å²) < 4.78 is 68.1. The van der Waals surface area contributed by atoms with Crippen LogP contribution in [0.25, 0.3) is 0 Å². The molecule has 1 aliphatic heterocycles. The molecule has 11 nitrogen and oxygen atoms in total. The lowest BCUT2D eigenvalue weighted by Gasteiger charge is -2.33. The Balaban J connectivity index is 1.67. The number of methoxy groups -OCH3 is 1. The average molecular weight is 666 g/mol. The smallest absolute Gasteiger partial charge is 0.261 e. The lowest BCUT2D eigenvalue weighted by Crippen LogP contribution is -2.48. The Labute approximate surface area is 263 Å². The number of benzene rings is 3. The van der Waals surface area contributed by atoms with Crippen molar-refractivity contribution >= 4 is 43.2 Å². The highest BCUT2D eigenvalue weighted by Crippen LogP contribution is 2.31. The van der Waals surface area contributed by atoms with Gasteiger partial charge in [-0.05, 0) is 73.7 Å². The zero-order valence-electron chi connectivity index (χ0n) is 24.8. The number of aliphatic hydroxyl groups excluding tert-OH is 1. The molecule has 4 rings (SSSR count). The van der Waals surface area contributed by atoms with Gasteiger partial charge in [0.05, 0.1) is 42.5 Å². The number of ether oxygens (including phenoxy) is 2. The highest BCUT2D eigenvalue weighted by atomic mass is 35.5. The minimum Gasteiger partial charge on any atom is -0.497 e. The normalized spacial score (nSPS) is 18.4. The van der Waals surface area contributed by atoms with Crippen molar-refractivity contribution < 1.29 is 36.2 Å². The number of anilines is 1. The number of rotatable bonds is 10. The molecule has 3 aromatic carbocycles. The molecular formula is C30H36ClN3O8S2. The van der Waals surface area contributed by atoms with Crippen molar-refractivity contribution in [2.24, 2.45) is 5.92 Å². The maximum Gasteiger partial charge on any atom is 0.261 e. The van der Waals surface area contributed by atoms with Crippen molar-refractivity contribution in [3.05, 3.63) is 77.3 Å². The van der Waals surface area contributed by atoms with E-state index in [1.807, 2.05) is 6.92 Å². The maximum atomic E-state index is 13.5. The largest absolute Gasteiger partial charge is 0.497 e. The fourth-order valence-electron chi connectivity index (χ4n) is 4.82. The van der Waals surface area contributed by atoms with E-state index in [1.54, 1.807) is 30.0 Å². The third-order valence-electron chi connectivity index (χ3n) is 7.50. The molecule has 3 atom stereocenters. The summed E-state index contributed by atoms with van der Waals surface area (Å²) in [6, 6.07) is 15.8. The van der Waals surface area contributed by atoms with Gasteiger partial charge in [0.25, 0.3) is 10.0 Å². The van der Waals surface area contributed by atoms with Crippen molar-refractivity contribution in [2.45, 2.75) is 42.2 Å². The Bertz CT molecular complexity index is 1680. The minimum absolute atomic E-state index is 0.00992. The Morgan fingerprint density at radius 1 is 1.07 bits per heavy atom. The van der Waals surface area contributed by atoms with Crippen LogP contribution in [-0.2, 0) is 31.3 Å². The molecule has 0 saturated carbocycles. The van der Waals surface area contributed by atoms with Crippen molar-refractivity contribution in [3.63, 3.8) is 0 Å². The van der Waals surface area contributed by atoms with Crippen molar-refractivity contribution in [1.29, 1.82) is 0 Å². The van der Waals surface area contributed by atoms with Gasteiger partial charge in [0.15, 0.2) is 0 Å². The summed E-state index contributed by atoms with van der Waals surface area (Å²) in [6.07, 6.45) is -0.835. The molecular weight excluding hydrogens is 630 g/mol. The van der Waals surface area contributed by atoms with Crippen LogP contribution in [0.4, 0.5) is 5.69 Å². The van der Waals surface area contributed by atoms with E-state index in [1.165, 1.54) is 67.0 Å². The third kappa shape index (κ3) is 7.64. The highest BCUT2D eigenvalue weighted by Gasteiger charge is 2.33. The quantitative estimate of drug-likeness (QED) is 0.335. The van der Waals surface area contributed by atoms with Crippen molar-refractivity contribution in [2.75, 3.05) is 38.6 Å². The summed E-state index contributed by atoms with van der Waals surface area (Å²) in [7, 11) is -4.92. The number of carbonyl (C=O) groups is 1. The standard InChI is InChI=1S/C30H36ClN3O8S2/c1-20-17-34(21(2)19-35)30(36)16-22-15-24(32-43(37,38)26-10-5-23(31)6-11-26)7-14-28(22)42-29(20)18-33(3)44(39,40)27-12-8-25(41-4)9-13-27/h5-15,20-21,29,32,35H,16-19H2,1-4H3/t20-,21-,29-/m1/s1. The highest BCUT2D eigenvalue weighted by molar-refractivity contribution is 7.92. The number of nitrogens with one attached hydrogen (secondary N) is 1. The molecule has 14 heteroatoms. The van der Waals surface area contributed by atoms with Crippen LogP contribution in [-0.4, -0.2) is 83.1 Å². The molecule has 0 spiro atoms. The molecule has 0 aromatic heterocycles. The minimum atomic E-state index is -3.96. The molecule has 0 fully saturated rings. The zero-order valence-corrected chi connectivity index (χ0v) is 27.2. The Morgan fingerprint density at radius 3 is 2.32 bits per heavy atom. The van der Waals surface area contributed by atoms with Gasteiger partial charge in [0, 0.05) is 35.8 Å². The van der Waals surface area contributed by atoms with E-state index in [2.05, 4.69) is 4.72 Å². The number of aliphatic hydroxyl groups is 1. The van der Waals surface area contributed by atoms with E-state index in [0.717, 1.165) is 0 Å². The molecule has 1 amide bonds. The first kappa shape index (κ1) is 33.5. The molecule has 3 aromatic rings. The Morgan fingerprint density at radius 2 is 1.70 bits per heavy atom. The number of likely N-dealkylation sites (N-methyl/N-ethyl adjacent to an activating group) is 1. The van der Waals surface area contributed by atoms with Gasteiger partial charge in [-0.2, -0.15) is 4.31 Å². The predicted molar refractivity (Wildman–Crippen MR) is 167 cm³/mol. The number of fused-ring (bicyclic) bond motifs is 1. The average Bonchev–Trinajstić information content (AvgIpc) is 3.04. The van der Waals surface area contributed by atoms with Gasteiger partial charge < -0.3 is 19.5 Å². The first-order chi connectivity index (χ1) is 20.7. The van der Waals surface area contributed by atoms with Crippen LogP contribution >= 0.6 is 11.6 Å². The molecule has 0 saturated heterocycles. The van der Waals surface area contributed by atoms with Gasteiger partial charge in [-0.3, -0.25) is 9.52 Å². The molecule has 1 heterocycles. The van der Waals surface area contributed by atoms with Gasteiger partial charge in [-0.15, -0.1) is 0 Å². The van der Waals surface area contributed by atoms with Crippen LogP contribution in [0.15, 0.2) is 76.5 Å². The second-order valence-corrected chi connectivity index (χ2v) is 14.9. The number of carbonyl (C=O) groups excluding carboxylic acids is 1. The molecule has 44 heavy (non-hydrogen) atoms. The van der Waals surface area contributed by atoms with Crippen LogP contribution in [0, 0.1) is 5.92 Å². The van der Waals surface area contributed by atoms with Crippen LogP contribution in [0.3, 0.4) is 0 Å².